The molecule has 27 heavy (non-hydrogen) atoms. The van der Waals surface area contributed by atoms with Crippen molar-refractivity contribution in [3.8, 4) is 17.6 Å². The van der Waals surface area contributed by atoms with E-state index in [9.17, 15) is 25.3 Å². The second-order valence-electron chi connectivity index (χ2n) is 5.62. The van der Waals surface area contributed by atoms with Crippen LogP contribution in [0, 0.1) is 21.4 Å². The first kappa shape index (κ1) is 19.5. The van der Waals surface area contributed by atoms with Crippen LogP contribution in [0.3, 0.4) is 0 Å². The molecule has 0 heterocycles. The maximum absolute atomic E-state index is 12.4. The first-order chi connectivity index (χ1) is 12.9. The summed E-state index contributed by atoms with van der Waals surface area (Å²) in [4.78, 5) is 22.7. The Bertz CT molecular complexity index is 932. The number of phenolic OH excluding ortho intramolecular Hbond substituents is 1. The van der Waals surface area contributed by atoms with Gasteiger partial charge < -0.3 is 15.2 Å². The normalized spacial score (nSPS) is 12.0. The van der Waals surface area contributed by atoms with Gasteiger partial charge in [-0.15, -0.1) is 0 Å². The monoisotopic (exact) mass is 367 g/mol. The molecule has 8 nitrogen and oxygen atoms in total. The minimum absolute atomic E-state index is 0.134. The molecule has 0 fully saturated rings. The summed E-state index contributed by atoms with van der Waals surface area (Å²) in [5.74, 6) is -1.38. The molecular weight excluding hydrogens is 350 g/mol. The molecule has 0 radical (unpaired) electrons. The maximum atomic E-state index is 12.4. The van der Waals surface area contributed by atoms with Gasteiger partial charge in [0.1, 0.15) is 11.6 Å². The van der Waals surface area contributed by atoms with E-state index in [-0.39, 0.29) is 22.9 Å². The number of hydrogen-bond donors (Lipinski definition) is 2. The molecular formula is C19H17N3O5. The van der Waals surface area contributed by atoms with Gasteiger partial charge in [-0.3, -0.25) is 14.9 Å². The average molecular weight is 367 g/mol. The summed E-state index contributed by atoms with van der Waals surface area (Å²) in [7, 11) is 1.24. The number of nitro groups is 1. The van der Waals surface area contributed by atoms with E-state index < -0.39 is 22.3 Å². The van der Waals surface area contributed by atoms with Crippen molar-refractivity contribution >= 4 is 17.7 Å². The molecule has 0 aliphatic rings. The molecule has 2 aromatic carbocycles. The second-order valence-corrected chi connectivity index (χ2v) is 5.62. The average Bonchev–Trinajstić information content (AvgIpc) is 2.67. The van der Waals surface area contributed by atoms with Gasteiger partial charge in [0.15, 0.2) is 5.75 Å². The number of nitrogens with one attached hydrogen (secondary N) is 1. The number of nitriles is 1. The Balaban J connectivity index is 2.32. The zero-order valence-electron chi connectivity index (χ0n) is 14.7. The summed E-state index contributed by atoms with van der Waals surface area (Å²) in [6.45, 7) is 1.77. The summed E-state index contributed by atoms with van der Waals surface area (Å²) in [6, 6.07) is 13.0. The van der Waals surface area contributed by atoms with Crippen molar-refractivity contribution in [2.75, 3.05) is 7.11 Å². The van der Waals surface area contributed by atoms with Gasteiger partial charge in [-0.2, -0.15) is 5.26 Å². The molecule has 8 heteroatoms. The quantitative estimate of drug-likeness (QED) is 0.350. The Morgan fingerprint density at radius 3 is 2.59 bits per heavy atom. The lowest BCUT2D eigenvalue weighted by molar-refractivity contribution is -0.386. The number of methoxy groups -OCH3 is 1. The molecule has 0 saturated carbocycles. The third-order valence-electron chi connectivity index (χ3n) is 3.82. The molecule has 0 unspecified atom stereocenters. The van der Waals surface area contributed by atoms with Crippen molar-refractivity contribution in [1.29, 1.82) is 5.26 Å². The first-order valence-corrected chi connectivity index (χ1v) is 7.90. The number of rotatable bonds is 6. The second kappa shape index (κ2) is 8.49. The Hall–Kier alpha value is -3.86. The zero-order valence-corrected chi connectivity index (χ0v) is 14.7. The topological polar surface area (TPSA) is 125 Å². The summed E-state index contributed by atoms with van der Waals surface area (Å²) in [5, 5.41) is 32.9. The van der Waals surface area contributed by atoms with Crippen LogP contribution in [-0.2, 0) is 4.79 Å². The summed E-state index contributed by atoms with van der Waals surface area (Å²) in [5.41, 5.74) is 0.219. The molecule has 0 aromatic heterocycles. The SMILES string of the molecule is COc1cc(/C=C(/C#N)C(=O)N[C@H](C)c2ccccc2)cc([N+](=O)[O-])c1O. The van der Waals surface area contributed by atoms with Crippen LogP contribution in [0.5, 0.6) is 11.5 Å². The molecule has 0 bridgehead atoms. The minimum atomic E-state index is -0.779. The van der Waals surface area contributed by atoms with Crippen molar-refractivity contribution in [3.63, 3.8) is 0 Å². The highest BCUT2D eigenvalue weighted by molar-refractivity contribution is 6.02. The van der Waals surface area contributed by atoms with Crippen LogP contribution in [0.1, 0.15) is 24.1 Å². The molecule has 1 amide bonds. The van der Waals surface area contributed by atoms with Gasteiger partial charge in [0.25, 0.3) is 5.91 Å². The van der Waals surface area contributed by atoms with Crippen molar-refractivity contribution < 1.29 is 19.6 Å². The first-order valence-electron chi connectivity index (χ1n) is 7.90. The van der Waals surface area contributed by atoms with Crippen LogP contribution in [-0.4, -0.2) is 23.0 Å². The van der Waals surface area contributed by atoms with Gasteiger partial charge >= 0.3 is 5.69 Å². The maximum Gasteiger partial charge on any atom is 0.315 e. The highest BCUT2D eigenvalue weighted by Crippen LogP contribution is 2.37. The number of carbonyl (C=O) groups excluding carboxylic acids is 1. The molecule has 0 saturated heterocycles. The Labute approximate surface area is 155 Å². The van der Waals surface area contributed by atoms with E-state index in [2.05, 4.69) is 5.32 Å². The van der Waals surface area contributed by atoms with E-state index in [1.165, 1.54) is 19.3 Å². The van der Waals surface area contributed by atoms with E-state index in [4.69, 9.17) is 4.74 Å². The van der Waals surface area contributed by atoms with Crippen molar-refractivity contribution in [1.82, 2.24) is 5.32 Å². The Kier molecular flexibility index (Phi) is 6.12. The smallest absolute Gasteiger partial charge is 0.315 e. The third-order valence-corrected chi connectivity index (χ3v) is 3.82. The molecule has 1 atom stereocenters. The minimum Gasteiger partial charge on any atom is -0.500 e. The Morgan fingerprint density at radius 1 is 1.37 bits per heavy atom. The van der Waals surface area contributed by atoms with Crippen LogP contribution in [0.15, 0.2) is 48.0 Å². The Morgan fingerprint density at radius 2 is 2.04 bits per heavy atom. The molecule has 0 aliphatic carbocycles. The number of nitrogens with zero attached hydrogens (tertiary/aromatic N) is 2. The van der Waals surface area contributed by atoms with E-state index >= 15 is 0 Å². The number of ether oxygens (including phenoxy) is 1. The number of nitro benzene ring substituents is 1. The summed E-state index contributed by atoms with van der Waals surface area (Å²) in [6.07, 6.45) is 1.20. The number of amides is 1. The van der Waals surface area contributed by atoms with Crippen LogP contribution >= 0.6 is 0 Å². The zero-order chi connectivity index (χ0) is 20.0. The van der Waals surface area contributed by atoms with Crippen LogP contribution in [0.4, 0.5) is 5.69 Å². The van der Waals surface area contributed by atoms with E-state index in [1.54, 1.807) is 13.0 Å². The number of benzene rings is 2. The van der Waals surface area contributed by atoms with E-state index in [0.29, 0.717) is 0 Å². The third kappa shape index (κ3) is 4.61. The number of hydrogen-bond acceptors (Lipinski definition) is 6. The fourth-order valence-electron chi connectivity index (χ4n) is 2.41. The lowest BCUT2D eigenvalue weighted by atomic mass is 10.1. The molecule has 2 rings (SSSR count). The lowest BCUT2D eigenvalue weighted by Gasteiger charge is -2.13. The number of aromatic hydroxyl groups is 1. The van der Waals surface area contributed by atoms with Gasteiger partial charge in [0.05, 0.1) is 18.1 Å². The fraction of sp³-hybridized carbons (Fsp3) is 0.158. The molecule has 0 aliphatic heterocycles. The molecule has 138 valence electrons. The number of carbonyl (C=O) groups is 1. The van der Waals surface area contributed by atoms with Crippen LogP contribution in [0.25, 0.3) is 6.08 Å². The van der Waals surface area contributed by atoms with Crippen LogP contribution < -0.4 is 10.1 Å². The highest BCUT2D eigenvalue weighted by atomic mass is 16.6. The van der Waals surface area contributed by atoms with Crippen molar-refractivity contribution in [2.24, 2.45) is 0 Å². The van der Waals surface area contributed by atoms with Crippen molar-refractivity contribution in [3.05, 3.63) is 69.3 Å². The van der Waals surface area contributed by atoms with Gasteiger partial charge in [0, 0.05) is 6.07 Å². The van der Waals surface area contributed by atoms with Gasteiger partial charge in [0.2, 0.25) is 5.75 Å². The molecule has 0 spiro atoms. The lowest BCUT2D eigenvalue weighted by Crippen LogP contribution is -2.27. The predicted octanol–water partition coefficient (Wildman–Crippen LogP) is 3.09. The highest BCUT2D eigenvalue weighted by Gasteiger charge is 2.20. The largest absolute Gasteiger partial charge is 0.500 e. The van der Waals surface area contributed by atoms with Gasteiger partial charge in [-0.25, -0.2) is 0 Å². The molecule has 2 N–H and O–H groups in total. The van der Waals surface area contributed by atoms with E-state index in [1.807, 2.05) is 30.3 Å². The van der Waals surface area contributed by atoms with Crippen molar-refractivity contribution in [2.45, 2.75) is 13.0 Å². The standard InChI is InChI=1S/C19H17N3O5/c1-12(14-6-4-3-5-7-14)21-19(24)15(11-20)8-13-9-16(22(25)26)18(23)17(10-13)27-2/h3-10,12,23H,1-2H3,(H,21,24)/b15-8-/t12-/m1/s1. The fourth-order valence-corrected chi connectivity index (χ4v) is 2.41. The molecule has 2 aromatic rings. The number of phenols is 1. The summed E-state index contributed by atoms with van der Waals surface area (Å²) < 4.78 is 4.91. The predicted molar refractivity (Wildman–Crippen MR) is 97.9 cm³/mol. The van der Waals surface area contributed by atoms with E-state index in [0.717, 1.165) is 11.6 Å². The van der Waals surface area contributed by atoms with Gasteiger partial charge in [-0.1, -0.05) is 30.3 Å². The summed E-state index contributed by atoms with van der Waals surface area (Å²) >= 11 is 0. The van der Waals surface area contributed by atoms with Gasteiger partial charge in [-0.05, 0) is 30.2 Å². The van der Waals surface area contributed by atoms with Crippen LogP contribution in [0.2, 0.25) is 0 Å².